The van der Waals surface area contributed by atoms with Gasteiger partial charge in [-0.2, -0.15) is 0 Å². The second kappa shape index (κ2) is 14.1. The van der Waals surface area contributed by atoms with E-state index in [4.69, 9.17) is 14.1 Å². The van der Waals surface area contributed by atoms with Gasteiger partial charge in [0.25, 0.3) is 0 Å². The van der Waals surface area contributed by atoms with E-state index in [-0.39, 0.29) is 17.9 Å². The molecule has 5 rings (SSSR count). The number of hydrogen-bond donors (Lipinski definition) is 2. The summed E-state index contributed by atoms with van der Waals surface area (Å²) in [7, 11) is 0. The topological polar surface area (TPSA) is 142 Å². The number of phenolic OH excluding ortho intramolecular Hbond substituents is 1. The molecule has 3 heterocycles. The van der Waals surface area contributed by atoms with Crippen LogP contribution in [-0.2, 0) is 16.0 Å². The normalized spacial score (nSPS) is 17.6. The van der Waals surface area contributed by atoms with Crippen LogP contribution in [0.5, 0.6) is 5.75 Å². The molecule has 11 nitrogen and oxygen atoms in total. The number of ether oxygens (including phenoxy) is 1. The molecule has 3 aromatic rings. The first-order chi connectivity index (χ1) is 20.9. The van der Waals surface area contributed by atoms with Crippen molar-refractivity contribution in [3.05, 3.63) is 105 Å². The lowest BCUT2D eigenvalue weighted by atomic mass is 9.92. The zero-order valence-electron chi connectivity index (χ0n) is 23.9. The number of aliphatic carboxylic acids is 1. The monoisotopic (exact) mass is 588 g/mol. The van der Waals surface area contributed by atoms with E-state index >= 15 is 0 Å². The highest BCUT2D eigenvalue weighted by Gasteiger charge is 2.39. The maximum Gasteiger partial charge on any atom is 0.336 e. The minimum Gasteiger partial charge on any atom is -0.502 e. The number of carbonyl (C=O) groups is 1. The van der Waals surface area contributed by atoms with E-state index in [2.05, 4.69) is 4.90 Å². The zero-order valence-corrected chi connectivity index (χ0v) is 23.9. The summed E-state index contributed by atoms with van der Waals surface area (Å²) in [5.74, 6) is -0.848. The van der Waals surface area contributed by atoms with Crippen LogP contribution >= 0.6 is 0 Å². The summed E-state index contributed by atoms with van der Waals surface area (Å²) in [6.07, 6.45) is 6.44. The molecule has 2 N–H and O–H groups in total. The summed E-state index contributed by atoms with van der Waals surface area (Å²) < 4.78 is 11.7. The van der Waals surface area contributed by atoms with Crippen LogP contribution in [0.25, 0.3) is 0 Å². The number of amidine groups is 1. The molecule has 0 radical (unpaired) electrons. The number of piperidine rings is 1. The van der Waals surface area contributed by atoms with Gasteiger partial charge in [-0.3, -0.25) is 10.1 Å². The lowest BCUT2D eigenvalue weighted by molar-refractivity contribution is -0.385. The fourth-order valence-electron chi connectivity index (χ4n) is 5.72. The Labute approximate surface area is 249 Å². The SMILES string of the molecule is O=C(O)C1=C(COCCN2CCCCC2)N=C(c2ccco2)N(CCCc2ccccc2)C1c1ccc(O)c([N+](=O)[O-])c1. The predicted molar refractivity (Wildman–Crippen MR) is 160 cm³/mol. The van der Waals surface area contributed by atoms with Gasteiger partial charge in [-0.15, -0.1) is 0 Å². The lowest BCUT2D eigenvalue weighted by Crippen LogP contribution is -2.42. The van der Waals surface area contributed by atoms with Crippen LogP contribution in [-0.4, -0.2) is 76.1 Å². The highest BCUT2D eigenvalue weighted by atomic mass is 16.6. The third-order valence-electron chi connectivity index (χ3n) is 7.84. The van der Waals surface area contributed by atoms with Gasteiger partial charge in [0.1, 0.15) is 0 Å². The van der Waals surface area contributed by atoms with Crippen LogP contribution in [0.2, 0.25) is 0 Å². The van der Waals surface area contributed by atoms with Crippen molar-refractivity contribution >= 4 is 17.5 Å². The van der Waals surface area contributed by atoms with E-state index < -0.39 is 28.4 Å². The van der Waals surface area contributed by atoms with Gasteiger partial charge >= 0.3 is 11.7 Å². The number of furan rings is 1. The molecule has 2 aliphatic rings. The smallest absolute Gasteiger partial charge is 0.336 e. The highest BCUT2D eigenvalue weighted by Crippen LogP contribution is 2.40. The number of carboxylic acids is 1. The standard InChI is InChI=1S/C32H36N4O7/c37-27-14-13-24(21-26(27)36(40)41)30-29(32(38)39)25(22-42-20-18-34-15-5-2-6-16-34)33-31(28-12-8-19-43-28)35(30)17-7-11-23-9-3-1-4-10-23/h1,3-4,8-10,12-14,19,21,30,37H,2,5-7,11,15-18,20,22H2,(H,38,39). The molecule has 0 spiro atoms. The first kappa shape index (κ1) is 30.0. The molecule has 1 aromatic heterocycles. The molecule has 0 amide bonds. The second-order valence-electron chi connectivity index (χ2n) is 10.7. The number of aliphatic imine (C=N–C) groups is 1. The number of likely N-dealkylation sites (tertiary alicyclic amines) is 1. The van der Waals surface area contributed by atoms with Crippen LogP contribution in [0.3, 0.4) is 0 Å². The quantitative estimate of drug-likeness (QED) is 0.157. The second-order valence-corrected chi connectivity index (χ2v) is 10.7. The Kier molecular flexibility index (Phi) is 9.85. The summed E-state index contributed by atoms with van der Waals surface area (Å²) in [6.45, 7) is 3.53. The largest absolute Gasteiger partial charge is 0.502 e. The maximum atomic E-state index is 12.9. The van der Waals surface area contributed by atoms with E-state index in [1.807, 2.05) is 35.2 Å². The maximum absolute atomic E-state index is 12.9. The molecular formula is C32H36N4O7. The van der Waals surface area contributed by atoms with Gasteiger partial charge in [0.15, 0.2) is 17.3 Å². The summed E-state index contributed by atoms with van der Waals surface area (Å²) >= 11 is 0. The summed E-state index contributed by atoms with van der Waals surface area (Å²) in [4.78, 5) is 32.9. The molecule has 1 saturated heterocycles. The molecular weight excluding hydrogens is 552 g/mol. The molecule has 226 valence electrons. The van der Waals surface area contributed by atoms with Gasteiger partial charge in [0, 0.05) is 19.2 Å². The first-order valence-electron chi connectivity index (χ1n) is 14.6. The van der Waals surface area contributed by atoms with Crippen molar-refractivity contribution in [2.75, 3.05) is 39.4 Å². The predicted octanol–water partition coefficient (Wildman–Crippen LogP) is 5.17. The van der Waals surface area contributed by atoms with Crippen molar-refractivity contribution < 1.29 is 29.1 Å². The molecule has 0 saturated carbocycles. The molecule has 1 unspecified atom stereocenters. The van der Waals surface area contributed by atoms with Gasteiger partial charge in [0.05, 0.1) is 41.7 Å². The van der Waals surface area contributed by atoms with Gasteiger partial charge in [-0.1, -0.05) is 42.8 Å². The molecule has 0 aliphatic carbocycles. The Balaban J connectivity index is 1.51. The van der Waals surface area contributed by atoms with Crippen molar-refractivity contribution in [2.45, 2.75) is 38.1 Å². The van der Waals surface area contributed by atoms with E-state index in [1.165, 1.54) is 30.9 Å². The van der Waals surface area contributed by atoms with Crippen molar-refractivity contribution in [3.63, 3.8) is 0 Å². The molecule has 1 fully saturated rings. The van der Waals surface area contributed by atoms with Crippen LogP contribution < -0.4 is 0 Å². The number of aryl methyl sites for hydroxylation is 1. The summed E-state index contributed by atoms with van der Waals surface area (Å²) in [6, 6.07) is 16.4. The van der Waals surface area contributed by atoms with Gasteiger partial charge < -0.3 is 29.2 Å². The minimum absolute atomic E-state index is 0.0343. The van der Waals surface area contributed by atoms with Crippen LogP contribution in [0.4, 0.5) is 5.69 Å². The fourth-order valence-corrected chi connectivity index (χ4v) is 5.72. The number of nitro groups is 1. The van der Waals surface area contributed by atoms with E-state index in [1.54, 1.807) is 12.1 Å². The molecule has 11 heteroatoms. The van der Waals surface area contributed by atoms with Gasteiger partial charge in [0.2, 0.25) is 0 Å². The van der Waals surface area contributed by atoms with Crippen molar-refractivity contribution in [2.24, 2.45) is 4.99 Å². The number of aromatic hydroxyl groups is 1. The lowest BCUT2D eigenvalue weighted by Gasteiger charge is -2.38. The molecule has 1 atom stereocenters. The van der Waals surface area contributed by atoms with E-state index in [0.717, 1.165) is 44.5 Å². The van der Waals surface area contributed by atoms with Crippen LogP contribution in [0.1, 0.15) is 48.6 Å². The Morgan fingerprint density at radius 2 is 1.86 bits per heavy atom. The van der Waals surface area contributed by atoms with E-state index in [9.17, 15) is 25.1 Å². The number of rotatable bonds is 13. The highest BCUT2D eigenvalue weighted by molar-refractivity contribution is 6.01. The van der Waals surface area contributed by atoms with E-state index in [0.29, 0.717) is 36.7 Å². The van der Waals surface area contributed by atoms with Crippen molar-refractivity contribution in [3.8, 4) is 5.75 Å². The number of benzene rings is 2. The Morgan fingerprint density at radius 1 is 1.07 bits per heavy atom. The molecule has 2 aromatic carbocycles. The van der Waals surface area contributed by atoms with Crippen LogP contribution in [0.15, 0.2) is 87.6 Å². The fraction of sp³-hybridized carbons (Fsp3) is 0.375. The first-order valence-corrected chi connectivity index (χ1v) is 14.6. The summed E-state index contributed by atoms with van der Waals surface area (Å²) in [5, 5.41) is 32.5. The molecule has 43 heavy (non-hydrogen) atoms. The van der Waals surface area contributed by atoms with Crippen molar-refractivity contribution in [1.29, 1.82) is 0 Å². The number of phenols is 1. The van der Waals surface area contributed by atoms with Crippen LogP contribution in [0, 0.1) is 10.1 Å². The Morgan fingerprint density at radius 3 is 2.56 bits per heavy atom. The number of hydrogen-bond acceptors (Lipinski definition) is 9. The number of nitro benzene ring substituents is 1. The number of nitrogens with zero attached hydrogens (tertiary/aromatic N) is 4. The Bertz CT molecular complexity index is 1460. The average Bonchev–Trinajstić information content (AvgIpc) is 3.55. The average molecular weight is 589 g/mol. The Hall–Kier alpha value is -4.48. The number of carboxylic acid groups (broad SMARTS) is 1. The zero-order chi connectivity index (χ0) is 30.2. The van der Waals surface area contributed by atoms with Gasteiger partial charge in [-0.25, -0.2) is 9.79 Å². The third kappa shape index (κ3) is 7.30. The minimum atomic E-state index is -1.20. The summed E-state index contributed by atoms with van der Waals surface area (Å²) in [5.41, 5.74) is 1.15. The molecule has 0 bridgehead atoms. The van der Waals surface area contributed by atoms with Gasteiger partial charge in [-0.05, 0) is 68.1 Å². The molecule has 2 aliphatic heterocycles. The van der Waals surface area contributed by atoms with Crippen molar-refractivity contribution in [1.82, 2.24) is 9.80 Å². The third-order valence-corrected chi connectivity index (χ3v) is 7.84.